The lowest BCUT2D eigenvalue weighted by molar-refractivity contribution is -0.155. The van der Waals surface area contributed by atoms with Crippen LogP contribution in [0.1, 0.15) is 152 Å². The van der Waals surface area contributed by atoms with Gasteiger partial charge >= 0.3 is 25.5 Å². The van der Waals surface area contributed by atoms with Gasteiger partial charge in [0.1, 0.15) is 52.3 Å². The molecule has 11 N–H and O–H groups in total. The number of halogens is 1. The highest BCUT2D eigenvalue weighted by Crippen LogP contribution is 2.60. The zero-order chi connectivity index (χ0) is 58.8. The van der Waals surface area contributed by atoms with E-state index in [4.69, 9.17) is 56.5 Å². The van der Waals surface area contributed by atoms with Crippen LogP contribution in [0.4, 0.5) is 11.6 Å². The fourth-order valence-electron chi connectivity index (χ4n) is 12.5. The highest BCUT2D eigenvalue weighted by molar-refractivity contribution is 7.59. The van der Waals surface area contributed by atoms with Crippen molar-refractivity contribution in [3.63, 3.8) is 0 Å². The summed E-state index contributed by atoms with van der Waals surface area (Å²) in [5.74, 6) is 0.599. The van der Waals surface area contributed by atoms with E-state index in [-0.39, 0.29) is 30.1 Å². The zero-order valence-electron chi connectivity index (χ0n) is 48.9. The maximum absolute atomic E-state index is 14.7. The van der Waals surface area contributed by atoms with Crippen LogP contribution in [0.2, 0.25) is 0 Å². The summed E-state index contributed by atoms with van der Waals surface area (Å²) < 4.78 is 56.7. The van der Waals surface area contributed by atoms with E-state index in [9.17, 15) is 23.5 Å². The van der Waals surface area contributed by atoms with Crippen molar-refractivity contribution in [2.75, 3.05) is 44.0 Å². The van der Waals surface area contributed by atoms with Crippen LogP contribution in [0.25, 0.3) is 22.3 Å². The fourth-order valence-corrected chi connectivity index (χ4v) is 15.6. The van der Waals surface area contributed by atoms with Crippen molar-refractivity contribution in [1.82, 2.24) is 55.4 Å². The van der Waals surface area contributed by atoms with Gasteiger partial charge in [0, 0.05) is 0 Å². The summed E-state index contributed by atoms with van der Waals surface area (Å²) in [7, 11) is -7.94. The van der Waals surface area contributed by atoms with Gasteiger partial charge in [0.05, 0.1) is 57.8 Å². The Kier molecular flexibility index (Phi) is 20.4. The molecule has 4 heterocycles. The minimum atomic E-state index is -4.16. The molecule has 6 fully saturated rings. The molecule has 10 rings (SSSR count). The Hall–Kier alpha value is -4.42. The van der Waals surface area contributed by atoms with E-state index >= 15 is 0 Å². The first-order valence-corrected chi connectivity index (χ1v) is 32.4. The lowest BCUT2D eigenvalue weighted by Gasteiger charge is -2.54. The van der Waals surface area contributed by atoms with Crippen molar-refractivity contribution < 1.29 is 57.0 Å². The number of carbonyl (C=O) groups excluding carboxylic acids is 3. The third-order valence-electron chi connectivity index (χ3n) is 17.2. The summed E-state index contributed by atoms with van der Waals surface area (Å²) in [6.07, 6.45) is 22.8. The fraction of sp³-hybridized carbons (Fsp3) is 0.759. The molecule has 82 heavy (non-hydrogen) atoms. The number of carbonyl (C=O) groups is 3. The van der Waals surface area contributed by atoms with E-state index in [1.165, 1.54) is 89.6 Å². The van der Waals surface area contributed by atoms with Crippen LogP contribution >= 0.6 is 26.6 Å². The van der Waals surface area contributed by atoms with E-state index < -0.39 is 61.5 Å². The van der Waals surface area contributed by atoms with Crippen molar-refractivity contribution in [1.29, 1.82) is 0 Å². The van der Waals surface area contributed by atoms with Gasteiger partial charge in [0.25, 0.3) is 0 Å². The van der Waals surface area contributed by atoms with Crippen molar-refractivity contribution in [3.05, 3.63) is 25.3 Å². The van der Waals surface area contributed by atoms with Gasteiger partial charge in [-0.05, 0) is 166 Å². The Morgan fingerprint density at radius 1 is 0.622 bits per heavy atom. The van der Waals surface area contributed by atoms with E-state index in [0.717, 1.165) is 25.7 Å². The van der Waals surface area contributed by atoms with Gasteiger partial charge in [-0.25, -0.2) is 40.1 Å². The third-order valence-corrected chi connectivity index (χ3v) is 20.2. The number of esters is 3. The van der Waals surface area contributed by atoms with Crippen molar-refractivity contribution in [2.45, 2.75) is 193 Å². The van der Waals surface area contributed by atoms with Crippen molar-refractivity contribution in [3.8, 4) is 0 Å². The predicted molar refractivity (Wildman–Crippen MR) is 309 cm³/mol. The van der Waals surface area contributed by atoms with Gasteiger partial charge in [-0.2, -0.15) is 0 Å². The number of alkyl halides is 1. The number of nitrogens with zero attached hydrogens (tertiary/aromatic N) is 8. The van der Waals surface area contributed by atoms with Crippen LogP contribution < -0.4 is 27.8 Å². The minimum absolute atomic E-state index is 0. The van der Waals surface area contributed by atoms with Gasteiger partial charge in [0.2, 0.25) is 7.44 Å². The lowest BCUT2D eigenvalue weighted by atomic mass is 9.52. The number of ether oxygens (including phenoxy) is 5. The number of nitrogens with two attached hydrogens (primary N) is 2. The van der Waals surface area contributed by atoms with Crippen LogP contribution in [-0.4, -0.2) is 127 Å². The molecule has 25 nitrogen and oxygen atoms in total. The summed E-state index contributed by atoms with van der Waals surface area (Å²) >= 11 is 5.85. The molecule has 6 aliphatic carbocycles. The maximum atomic E-state index is 14.7. The van der Waals surface area contributed by atoms with Crippen molar-refractivity contribution in [2.24, 2.45) is 34.0 Å². The molecule has 6 saturated carbocycles. The molecule has 4 aromatic heterocycles. The van der Waals surface area contributed by atoms with Crippen LogP contribution in [0, 0.1) is 34.0 Å². The number of hydrogen-bond donors (Lipinski definition) is 7. The second-order valence-corrected chi connectivity index (χ2v) is 30.6. The van der Waals surface area contributed by atoms with E-state index in [1.807, 2.05) is 6.92 Å². The van der Waals surface area contributed by atoms with Crippen LogP contribution in [-0.2, 0) is 60.3 Å². The molecule has 2 atom stereocenters. The quantitative estimate of drug-likeness (QED) is 0.0159. The van der Waals surface area contributed by atoms with Gasteiger partial charge in [-0.15, -0.1) is 11.6 Å². The van der Waals surface area contributed by atoms with Gasteiger partial charge in [-0.1, -0.05) is 19.3 Å². The zero-order valence-corrected chi connectivity index (χ0v) is 51.5. The molecule has 0 saturated heterocycles. The molecule has 28 heteroatoms. The van der Waals surface area contributed by atoms with Crippen molar-refractivity contribution >= 4 is 78.5 Å². The van der Waals surface area contributed by atoms with Crippen LogP contribution in [0.15, 0.2) is 25.3 Å². The van der Waals surface area contributed by atoms with E-state index in [2.05, 4.69) is 40.1 Å². The highest BCUT2D eigenvalue weighted by atomic mass is 35.5. The molecule has 0 aliphatic heterocycles. The maximum Gasteiger partial charge on any atom is 0.350 e. The Balaban J connectivity index is 0.000000225. The Morgan fingerprint density at radius 3 is 1.28 bits per heavy atom. The largest absolute Gasteiger partial charge is 0.464 e. The Bertz CT molecular complexity index is 2880. The summed E-state index contributed by atoms with van der Waals surface area (Å²) in [4.78, 5) is 79.2. The molecule has 458 valence electrons. The Labute approximate surface area is 485 Å². The number of aromatic nitrogens is 8. The second kappa shape index (κ2) is 25.7. The number of rotatable bonds is 23. The summed E-state index contributed by atoms with van der Waals surface area (Å²) in [5, 5.41) is 6.05. The molecular weight excluding hydrogens is 1120 g/mol. The van der Waals surface area contributed by atoms with Crippen LogP contribution in [0.5, 0.6) is 0 Å². The van der Waals surface area contributed by atoms with E-state index in [1.54, 1.807) is 63.9 Å². The van der Waals surface area contributed by atoms with E-state index in [0.29, 0.717) is 89.2 Å². The predicted octanol–water partition coefficient (Wildman–Crippen LogP) is 8.19. The van der Waals surface area contributed by atoms with Gasteiger partial charge in [-0.3, -0.25) is 23.5 Å². The average molecular weight is 1210 g/mol. The molecule has 0 unspecified atom stereocenters. The Morgan fingerprint density at radius 2 is 0.963 bits per heavy atom. The normalized spacial score (nSPS) is 21.9. The number of imidazole rings is 2. The number of anilines is 2. The topological polar surface area (TPSA) is 370 Å². The number of nitrogen functional groups attached to an aromatic ring is 2. The number of nitrogens with one attached hydrogen (secondary N) is 2. The van der Waals surface area contributed by atoms with Gasteiger partial charge < -0.3 is 60.2 Å². The molecule has 0 amide bonds. The standard InChI is InChI=1S/C33H52N7O6P.C12H19ClO2.C9H14N5O4P.H3N/c1-22(16-40-20-37-25-26(34)35-19-36-27(25)40)46-21-47(43,38-30(2,3)28(41)44-17-23-12-32(13-23)8-6-9-32)39-31(4,5)29(42)45-18-24-14-33(15-24)10-7-11-33;1-11(2,13)10(14)15-8-9-6-12(7-9)4-3-5-12;1-6(18-5-19(15,16)17)2-14-4-13-7-8(10)11-3-12-9(7)14;/h19-20,22-24H,6-18,21H2,1-5H3,(H2,34,35,36)(H2,38,39,43);9H,3-8H2,1-2H3;3-4,6H,2,5H2,1H3,(H2,10,11,12)(H2,15,16,17);1H3/t22-;;6-;/m1.1./s1. The first-order chi connectivity index (χ1) is 37.9. The molecule has 6 aliphatic rings. The molecule has 0 aromatic carbocycles. The third kappa shape index (κ3) is 16.3. The average Bonchev–Trinajstić information content (AvgIpc) is 3.92. The first kappa shape index (κ1) is 65.1. The summed E-state index contributed by atoms with van der Waals surface area (Å²) in [5.41, 5.74) is 12.7. The molecule has 0 radical (unpaired) electrons. The number of fused-ring (bicyclic) bond motifs is 2. The minimum Gasteiger partial charge on any atom is -0.464 e. The lowest BCUT2D eigenvalue weighted by Crippen LogP contribution is -2.54. The highest BCUT2D eigenvalue weighted by Gasteiger charge is 2.51. The molecule has 0 bridgehead atoms. The first-order valence-electron chi connectivity index (χ1n) is 28.4. The smallest absolute Gasteiger partial charge is 0.350 e. The van der Waals surface area contributed by atoms with Crippen LogP contribution in [0.3, 0.4) is 0 Å². The molecular formula is C54H88ClN13O12P2. The molecule has 3 spiro atoms. The monoisotopic (exact) mass is 1210 g/mol. The summed E-state index contributed by atoms with van der Waals surface area (Å²) in [6.45, 7) is 15.4. The number of hydrogen-bond acceptors (Lipinski definition) is 19. The second-order valence-electron chi connectivity index (χ2n) is 25.9. The molecule has 4 aromatic rings. The van der Waals surface area contributed by atoms with Gasteiger partial charge in [0.15, 0.2) is 22.9 Å². The SMILES string of the molecule is CC(C)(Cl)C(=O)OCC1CC2(CCC2)C1.C[C@H](Cn1cnc2c(N)ncnc21)OCP(=O)(NC(C)(C)C(=O)OCC1CC2(CCC2)C1)NC(C)(C)C(=O)OCC1CC2(CCC2)C1.C[C@H](Cn1cnc2c(N)ncnc21)OCP(=O)(O)O.N. The summed E-state index contributed by atoms with van der Waals surface area (Å²) in [6, 6.07) is 0.